The normalized spacial score (nSPS) is 11.0. The Kier molecular flexibility index (Phi) is 10.8. The summed E-state index contributed by atoms with van der Waals surface area (Å²) in [6.07, 6.45) is 2.06. The smallest absolute Gasteiger partial charge is 0.257 e. The first-order valence-corrected chi connectivity index (χ1v) is 10.8. The number of methoxy groups -OCH3 is 1. The van der Waals surface area contributed by atoms with Crippen LogP contribution in [-0.4, -0.2) is 45.2 Å². The van der Waals surface area contributed by atoms with Crippen molar-refractivity contribution in [1.29, 1.82) is 0 Å². The number of aryl methyl sites for hydroxylation is 1. The van der Waals surface area contributed by atoms with Crippen LogP contribution in [0.3, 0.4) is 0 Å². The maximum absolute atomic E-state index is 11.6. The third-order valence-corrected chi connectivity index (χ3v) is 4.50. The third kappa shape index (κ3) is 8.99. The molecule has 168 valence electrons. The fourth-order valence-electron chi connectivity index (χ4n) is 2.98. The van der Waals surface area contributed by atoms with Gasteiger partial charge in [0.2, 0.25) is 0 Å². The summed E-state index contributed by atoms with van der Waals surface area (Å²) >= 11 is 0. The van der Waals surface area contributed by atoms with E-state index >= 15 is 0 Å². The molecule has 0 fully saturated rings. The Morgan fingerprint density at radius 3 is 2.42 bits per heavy atom. The van der Waals surface area contributed by atoms with E-state index in [1.165, 1.54) is 5.56 Å². The second kappa shape index (κ2) is 13.9. The summed E-state index contributed by atoms with van der Waals surface area (Å²) in [7, 11) is 1.58. The molecule has 0 aromatic heterocycles. The van der Waals surface area contributed by atoms with Crippen molar-refractivity contribution in [2.45, 2.75) is 33.2 Å². The van der Waals surface area contributed by atoms with Gasteiger partial charge in [0.15, 0.2) is 24.1 Å². The number of ether oxygens (including phenoxy) is 2. The zero-order valence-corrected chi connectivity index (χ0v) is 18.7. The lowest BCUT2D eigenvalue weighted by Crippen LogP contribution is -2.37. The second-order valence-electron chi connectivity index (χ2n) is 6.94. The molecule has 0 heterocycles. The summed E-state index contributed by atoms with van der Waals surface area (Å²) < 4.78 is 11.0. The van der Waals surface area contributed by atoms with E-state index in [9.17, 15) is 4.79 Å². The van der Waals surface area contributed by atoms with Crippen LogP contribution in [0.2, 0.25) is 0 Å². The number of likely N-dealkylation sites (N-methyl/N-ethyl adjacent to an activating group) is 1. The van der Waals surface area contributed by atoms with Crippen LogP contribution in [0.5, 0.6) is 11.5 Å². The molecule has 2 rings (SSSR count). The predicted molar refractivity (Wildman–Crippen MR) is 125 cm³/mol. The van der Waals surface area contributed by atoms with Gasteiger partial charge in [-0.2, -0.15) is 0 Å². The van der Waals surface area contributed by atoms with Gasteiger partial charge in [-0.3, -0.25) is 4.79 Å². The lowest BCUT2D eigenvalue weighted by molar-refractivity contribution is -0.123. The molecule has 7 heteroatoms. The Morgan fingerprint density at radius 2 is 1.71 bits per heavy atom. The van der Waals surface area contributed by atoms with Crippen LogP contribution < -0.4 is 25.4 Å². The zero-order chi connectivity index (χ0) is 22.3. The quantitative estimate of drug-likeness (QED) is 0.276. The van der Waals surface area contributed by atoms with Crippen molar-refractivity contribution < 1.29 is 14.3 Å². The summed E-state index contributed by atoms with van der Waals surface area (Å²) in [4.78, 5) is 16.3. The third-order valence-electron chi connectivity index (χ3n) is 4.50. The highest BCUT2D eigenvalue weighted by molar-refractivity contribution is 5.79. The molecule has 0 radical (unpaired) electrons. The van der Waals surface area contributed by atoms with Gasteiger partial charge in [0.05, 0.1) is 13.7 Å². The number of carbonyl (C=O) groups excluding carboxylic acids is 1. The monoisotopic (exact) mass is 426 g/mol. The molecule has 0 bridgehead atoms. The number of benzene rings is 2. The van der Waals surface area contributed by atoms with Crippen LogP contribution in [-0.2, 0) is 17.8 Å². The van der Waals surface area contributed by atoms with Crippen molar-refractivity contribution in [2.75, 3.05) is 33.4 Å². The predicted octanol–water partition coefficient (Wildman–Crippen LogP) is 2.90. The largest absolute Gasteiger partial charge is 0.493 e. The highest BCUT2D eigenvalue weighted by Gasteiger charge is 2.08. The molecule has 0 saturated heterocycles. The Morgan fingerprint density at radius 1 is 0.935 bits per heavy atom. The molecule has 0 aliphatic rings. The molecule has 31 heavy (non-hydrogen) atoms. The van der Waals surface area contributed by atoms with E-state index in [4.69, 9.17) is 9.47 Å². The number of nitrogens with one attached hydrogen (secondary N) is 3. The first kappa shape index (κ1) is 24.1. The Labute approximate surface area is 185 Å². The summed E-state index contributed by atoms with van der Waals surface area (Å²) in [5.74, 6) is 1.74. The van der Waals surface area contributed by atoms with E-state index in [2.05, 4.69) is 45.2 Å². The van der Waals surface area contributed by atoms with Gasteiger partial charge in [-0.25, -0.2) is 4.99 Å². The number of amides is 1. The minimum absolute atomic E-state index is 0.0425. The van der Waals surface area contributed by atoms with E-state index in [1.807, 2.05) is 38.1 Å². The molecule has 3 N–H and O–H groups in total. The van der Waals surface area contributed by atoms with Gasteiger partial charge in [-0.15, -0.1) is 0 Å². The Balaban J connectivity index is 1.89. The highest BCUT2D eigenvalue weighted by atomic mass is 16.5. The fraction of sp³-hybridized carbons (Fsp3) is 0.417. The van der Waals surface area contributed by atoms with Crippen LogP contribution in [0.4, 0.5) is 0 Å². The zero-order valence-electron chi connectivity index (χ0n) is 18.7. The molecule has 2 aromatic rings. The van der Waals surface area contributed by atoms with Crippen molar-refractivity contribution in [3.05, 3.63) is 59.7 Å². The molecule has 0 aliphatic heterocycles. The van der Waals surface area contributed by atoms with Crippen LogP contribution in [0.25, 0.3) is 0 Å². The average molecular weight is 427 g/mol. The van der Waals surface area contributed by atoms with E-state index in [0.717, 1.165) is 37.5 Å². The minimum atomic E-state index is -0.160. The van der Waals surface area contributed by atoms with Gasteiger partial charge in [0.25, 0.3) is 5.91 Å². The number of hydrogen-bond donors (Lipinski definition) is 3. The van der Waals surface area contributed by atoms with Gasteiger partial charge < -0.3 is 25.4 Å². The topological polar surface area (TPSA) is 84.0 Å². The van der Waals surface area contributed by atoms with E-state index < -0.39 is 0 Å². The number of carbonyl (C=O) groups is 1. The molecule has 7 nitrogen and oxygen atoms in total. The van der Waals surface area contributed by atoms with Crippen molar-refractivity contribution in [3.8, 4) is 11.5 Å². The summed E-state index contributed by atoms with van der Waals surface area (Å²) in [6.45, 7) is 6.58. The number of rotatable bonds is 12. The standard InChI is InChI=1S/C24H34N4O3/c1-4-25-23(29)18-31-21-14-13-20(16-22(21)30-3)17-28-24(26-5-2)27-15-9-12-19-10-7-6-8-11-19/h6-8,10-11,13-14,16H,4-5,9,12,15,17-18H2,1-3H3,(H,25,29)(H2,26,27,28). The van der Waals surface area contributed by atoms with Crippen molar-refractivity contribution in [2.24, 2.45) is 4.99 Å². The molecule has 1 amide bonds. The average Bonchev–Trinajstić information content (AvgIpc) is 2.80. The summed E-state index contributed by atoms with van der Waals surface area (Å²) in [6, 6.07) is 16.1. The van der Waals surface area contributed by atoms with Gasteiger partial charge in [0, 0.05) is 19.6 Å². The fourth-order valence-corrected chi connectivity index (χ4v) is 2.98. The van der Waals surface area contributed by atoms with Crippen LogP contribution in [0.15, 0.2) is 53.5 Å². The summed E-state index contributed by atoms with van der Waals surface area (Å²) in [5, 5.41) is 9.36. The second-order valence-corrected chi connectivity index (χ2v) is 6.94. The van der Waals surface area contributed by atoms with E-state index in [0.29, 0.717) is 24.6 Å². The van der Waals surface area contributed by atoms with Crippen molar-refractivity contribution in [1.82, 2.24) is 16.0 Å². The van der Waals surface area contributed by atoms with Gasteiger partial charge in [-0.05, 0) is 49.9 Å². The first-order valence-electron chi connectivity index (χ1n) is 10.8. The number of nitrogens with zero attached hydrogens (tertiary/aromatic N) is 1. The van der Waals surface area contributed by atoms with Gasteiger partial charge in [0.1, 0.15) is 0 Å². The van der Waals surface area contributed by atoms with Crippen molar-refractivity contribution >= 4 is 11.9 Å². The molecular formula is C24H34N4O3. The van der Waals surface area contributed by atoms with Crippen LogP contribution >= 0.6 is 0 Å². The van der Waals surface area contributed by atoms with E-state index in [1.54, 1.807) is 7.11 Å². The first-order chi connectivity index (χ1) is 15.2. The van der Waals surface area contributed by atoms with Gasteiger partial charge in [-0.1, -0.05) is 36.4 Å². The molecule has 0 saturated carbocycles. The van der Waals surface area contributed by atoms with Gasteiger partial charge >= 0.3 is 0 Å². The molecular weight excluding hydrogens is 392 g/mol. The molecule has 0 spiro atoms. The SMILES string of the molecule is CCNC(=O)COc1ccc(CN=C(NCC)NCCCc2ccccc2)cc1OC. The van der Waals surface area contributed by atoms with Crippen molar-refractivity contribution in [3.63, 3.8) is 0 Å². The Bertz CT molecular complexity index is 825. The molecule has 2 aromatic carbocycles. The van der Waals surface area contributed by atoms with E-state index in [-0.39, 0.29) is 12.5 Å². The number of guanidine groups is 1. The van der Waals surface area contributed by atoms with Crippen LogP contribution in [0.1, 0.15) is 31.4 Å². The lowest BCUT2D eigenvalue weighted by atomic mass is 10.1. The maximum Gasteiger partial charge on any atom is 0.257 e. The minimum Gasteiger partial charge on any atom is -0.493 e. The molecule has 0 aliphatic carbocycles. The molecule has 0 unspecified atom stereocenters. The highest BCUT2D eigenvalue weighted by Crippen LogP contribution is 2.28. The summed E-state index contributed by atoms with van der Waals surface area (Å²) in [5.41, 5.74) is 2.33. The Hall–Kier alpha value is -3.22. The van der Waals surface area contributed by atoms with Crippen LogP contribution in [0, 0.1) is 0 Å². The maximum atomic E-state index is 11.6. The number of hydrogen-bond acceptors (Lipinski definition) is 4. The lowest BCUT2D eigenvalue weighted by Gasteiger charge is -2.13. The number of aliphatic imine (C=N–C) groups is 1. The molecule has 0 atom stereocenters.